The average Bonchev–Trinajstić information content (AvgIpc) is 3.46. The molecule has 2 aliphatic heterocycles. The van der Waals surface area contributed by atoms with Crippen LogP contribution < -0.4 is 0 Å². The standard InChI is InChI=1S/C25H34N4O2/c1-24(2)15-25(16-27-9-11-31-12-10-27)17-28(13-21(24)25)22(30)14-29-20-6-4-3-5-19(20)26-23(29)18-7-8-18/h3-6,18,21H,7-17H2,1-2H3/t21-,25+/m1/s1. The van der Waals surface area contributed by atoms with E-state index in [1.807, 2.05) is 6.07 Å². The quantitative estimate of drug-likeness (QED) is 0.743. The van der Waals surface area contributed by atoms with Gasteiger partial charge in [-0.25, -0.2) is 4.98 Å². The third-order valence-electron chi connectivity index (χ3n) is 8.31. The van der Waals surface area contributed by atoms with Gasteiger partial charge in [-0.15, -0.1) is 0 Å². The number of rotatable bonds is 5. The number of ether oxygens (including phenoxy) is 1. The molecule has 1 aromatic carbocycles. The molecule has 2 atom stereocenters. The Bertz CT molecular complexity index is 1000. The fourth-order valence-electron chi connectivity index (χ4n) is 6.88. The summed E-state index contributed by atoms with van der Waals surface area (Å²) in [5.41, 5.74) is 2.70. The molecule has 1 amide bonds. The molecule has 6 nitrogen and oxygen atoms in total. The number of fused-ring (bicyclic) bond motifs is 2. The van der Waals surface area contributed by atoms with Gasteiger partial charge in [-0.2, -0.15) is 0 Å². The van der Waals surface area contributed by atoms with Crippen LogP contribution in [0.4, 0.5) is 0 Å². The molecule has 2 saturated carbocycles. The summed E-state index contributed by atoms with van der Waals surface area (Å²) in [6.45, 7) is 11.8. The second-order valence-electron chi connectivity index (χ2n) is 11.1. The van der Waals surface area contributed by atoms with Gasteiger partial charge in [-0.05, 0) is 42.7 Å². The maximum atomic E-state index is 13.6. The Morgan fingerprint density at radius 2 is 1.97 bits per heavy atom. The smallest absolute Gasteiger partial charge is 0.242 e. The van der Waals surface area contributed by atoms with Crippen LogP contribution in [-0.2, 0) is 16.1 Å². The van der Waals surface area contributed by atoms with Gasteiger partial charge in [-0.1, -0.05) is 26.0 Å². The largest absolute Gasteiger partial charge is 0.379 e. The topological polar surface area (TPSA) is 50.6 Å². The van der Waals surface area contributed by atoms with E-state index in [2.05, 4.69) is 46.4 Å². The Morgan fingerprint density at radius 1 is 1.19 bits per heavy atom. The van der Waals surface area contributed by atoms with Crippen LogP contribution in [0.3, 0.4) is 0 Å². The van der Waals surface area contributed by atoms with E-state index in [0.717, 1.165) is 62.8 Å². The van der Waals surface area contributed by atoms with Gasteiger partial charge in [0.2, 0.25) is 5.91 Å². The van der Waals surface area contributed by atoms with Crippen molar-refractivity contribution < 1.29 is 9.53 Å². The van der Waals surface area contributed by atoms with Crippen molar-refractivity contribution in [1.29, 1.82) is 0 Å². The van der Waals surface area contributed by atoms with E-state index in [1.54, 1.807) is 0 Å². The van der Waals surface area contributed by atoms with Crippen LogP contribution in [0.1, 0.15) is 44.9 Å². The van der Waals surface area contributed by atoms with Crippen molar-refractivity contribution >= 4 is 16.9 Å². The van der Waals surface area contributed by atoms with Crippen molar-refractivity contribution in [1.82, 2.24) is 19.4 Å². The van der Waals surface area contributed by atoms with Crippen LogP contribution >= 0.6 is 0 Å². The van der Waals surface area contributed by atoms with Gasteiger partial charge in [0.15, 0.2) is 0 Å². The summed E-state index contributed by atoms with van der Waals surface area (Å²) in [6.07, 6.45) is 3.60. The third-order valence-corrected chi connectivity index (χ3v) is 8.31. The Morgan fingerprint density at radius 3 is 2.71 bits per heavy atom. The lowest BCUT2D eigenvalue weighted by Gasteiger charge is -2.58. The van der Waals surface area contributed by atoms with Gasteiger partial charge in [-0.3, -0.25) is 9.69 Å². The molecule has 2 saturated heterocycles. The number of nitrogens with zero attached hydrogens (tertiary/aromatic N) is 4. The number of para-hydroxylation sites is 2. The Labute approximate surface area is 184 Å². The van der Waals surface area contributed by atoms with E-state index in [1.165, 1.54) is 19.3 Å². The normalized spacial score (nSPS) is 30.4. The van der Waals surface area contributed by atoms with Gasteiger partial charge in [0.05, 0.1) is 24.2 Å². The number of morpholine rings is 1. The highest BCUT2D eigenvalue weighted by Gasteiger charge is 2.63. The molecule has 0 spiro atoms. The van der Waals surface area contributed by atoms with Gasteiger partial charge in [0, 0.05) is 44.1 Å². The SMILES string of the molecule is CC1(C)C[C@]2(CN3CCOCC3)CN(C(=O)Cn3c(C4CC4)nc4ccccc43)C[C@H]12. The first-order valence-electron chi connectivity index (χ1n) is 12.0. The number of carbonyl (C=O) groups excluding carboxylic acids is 1. The third kappa shape index (κ3) is 3.30. The van der Waals surface area contributed by atoms with Crippen LogP contribution in [0, 0.1) is 16.7 Å². The molecule has 0 unspecified atom stereocenters. The Balaban J connectivity index is 1.23. The minimum Gasteiger partial charge on any atom is -0.379 e. The maximum absolute atomic E-state index is 13.6. The van der Waals surface area contributed by atoms with Gasteiger partial charge in [0.1, 0.15) is 12.4 Å². The lowest BCUT2D eigenvalue weighted by molar-refractivity contribution is -0.131. The minimum atomic E-state index is 0.257. The molecule has 2 aromatic rings. The van der Waals surface area contributed by atoms with E-state index in [-0.39, 0.29) is 11.3 Å². The lowest BCUT2D eigenvalue weighted by Crippen LogP contribution is -2.59. The molecule has 6 heteroatoms. The van der Waals surface area contributed by atoms with Crippen molar-refractivity contribution in [2.75, 3.05) is 45.9 Å². The number of imidazole rings is 1. The monoisotopic (exact) mass is 422 g/mol. The number of aromatic nitrogens is 2. The average molecular weight is 423 g/mol. The highest BCUT2D eigenvalue weighted by Crippen LogP contribution is 2.63. The van der Waals surface area contributed by atoms with Gasteiger partial charge < -0.3 is 14.2 Å². The summed E-state index contributed by atoms with van der Waals surface area (Å²) in [7, 11) is 0. The summed E-state index contributed by atoms with van der Waals surface area (Å²) in [6, 6.07) is 8.27. The second-order valence-corrected chi connectivity index (χ2v) is 11.1. The predicted molar refractivity (Wildman–Crippen MR) is 120 cm³/mol. The molecule has 0 bridgehead atoms. The van der Waals surface area contributed by atoms with Crippen molar-refractivity contribution in [3.63, 3.8) is 0 Å². The van der Waals surface area contributed by atoms with Crippen LogP contribution in [0.5, 0.6) is 0 Å². The fourth-order valence-corrected chi connectivity index (χ4v) is 6.88. The van der Waals surface area contributed by atoms with Gasteiger partial charge >= 0.3 is 0 Å². The second kappa shape index (κ2) is 7.04. The van der Waals surface area contributed by atoms with Crippen molar-refractivity contribution in [2.45, 2.75) is 45.6 Å². The number of likely N-dealkylation sites (tertiary alicyclic amines) is 1. The first kappa shape index (κ1) is 19.7. The lowest BCUT2D eigenvalue weighted by atomic mass is 9.48. The summed E-state index contributed by atoms with van der Waals surface area (Å²) in [5.74, 6) is 2.49. The molecule has 6 rings (SSSR count). The first-order chi connectivity index (χ1) is 15.0. The number of hydrogen-bond donors (Lipinski definition) is 0. The zero-order chi connectivity index (χ0) is 21.2. The summed E-state index contributed by atoms with van der Waals surface area (Å²) < 4.78 is 7.76. The minimum absolute atomic E-state index is 0.257. The van der Waals surface area contributed by atoms with Crippen LogP contribution in [0.2, 0.25) is 0 Å². The molecule has 31 heavy (non-hydrogen) atoms. The van der Waals surface area contributed by atoms with E-state index >= 15 is 0 Å². The predicted octanol–water partition coefficient (Wildman–Crippen LogP) is 3.12. The number of benzene rings is 1. The zero-order valence-corrected chi connectivity index (χ0v) is 18.8. The highest BCUT2D eigenvalue weighted by molar-refractivity contribution is 5.81. The molecule has 1 aromatic heterocycles. The number of carbonyl (C=O) groups is 1. The van der Waals surface area contributed by atoms with Crippen LogP contribution in [-0.4, -0.2) is 71.2 Å². The van der Waals surface area contributed by atoms with Crippen molar-refractivity contribution in [3.05, 3.63) is 30.1 Å². The van der Waals surface area contributed by atoms with Gasteiger partial charge in [0.25, 0.3) is 0 Å². The molecule has 4 aliphatic rings. The molecule has 0 N–H and O–H groups in total. The zero-order valence-electron chi connectivity index (χ0n) is 18.8. The van der Waals surface area contributed by atoms with E-state index < -0.39 is 0 Å². The number of hydrogen-bond acceptors (Lipinski definition) is 4. The first-order valence-corrected chi connectivity index (χ1v) is 12.0. The summed E-state index contributed by atoms with van der Waals surface area (Å²) in [5, 5.41) is 0. The fraction of sp³-hybridized carbons (Fsp3) is 0.680. The summed E-state index contributed by atoms with van der Waals surface area (Å²) >= 11 is 0. The summed E-state index contributed by atoms with van der Waals surface area (Å²) in [4.78, 5) is 23.2. The number of amides is 1. The molecular formula is C25H34N4O2. The van der Waals surface area contributed by atoms with E-state index in [4.69, 9.17) is 9.72 Å². The molecule has 4 fully saturated rings. The van der Waals surface area contributed by atoms with E-state index in [0.29, 0.717) is 23.8 Å². The van der Waals surface area contributed by atoms with E-state index in [9.17, 15) is 4.79 Å². The molecule has 0 radical (unpaired) electrons. The Hall–Kier alpha value is -1.92. The van der Waals surface area contributed by atoms with Crippen LogP contribution in [0.15, 0.2) is 24.3 Å². The molecular weight excluding hydrogens is 388 g/mol. The molecule has 2 aliphatic carbocycles. The van der Waals surface area contributed by atoms with Crippen molar-refractivity contribution in [2.24, 2.45) is 16.7 Å². The van der Waals surface area contributed by atoms with Crippen LogP contribution in [0.25, 0.3) is 11.0 Å². The molecule has 166 valence electrons. The maximum Gasteiger partial charge on any atom is 0.242 e. The Kier molecular flexibility index (Phi) is 4.48. The highest BCUT2D eigenvalue weighted by atomic mass is 16.5. The van der Waals surface area contributed by atoms with Crippen molar-refractivity contribution in [3.8, 4) is 0 Å². The molecule has 3 heterocycles.